The predicted octanol–water partition coefficient (Wildman–Crippen LogP) is 1.28. The van der Waals surface area contributed by atoms with Crippen LogP contribution in [-0.4, -0.2) is 24.1 Å². The van der Waals surface area contributed by atoms with Gasteiger partial charge in [0.1, 0.15) is 12.2 Å². The van der Waals surface area contributed by atoms with Crippen molar-refractivity contribution in [3.05, 3.63) is 0 Å². The van der Waals surface area contributed by atoms with Crippen molar-refractivity contribution in [2.75, 3.05) is 0 Å². The molecule has 4 nitrogen and oxygen atoms in total. The molecule has 0 aliphatic heterocycles. The van der Waals surface area contributed by atoms with Gasteiger partial charge in [-0.3, -0.25) is 9.59 Å². The molecule has 0 spiro atoms. The molecule has 1 unspecified atom stereocenters. The molecule has 1 rings (SSSR count). The van der Waals surface area contributed by atoms with E-state index in [2.05, 4.69) is 0 Å². The maximum absolute atomic E-state index is 10.7. The molecule has 0 radical (unpaired) electrons. The van der Waals surface area contributed by atoms with E-state index < -0.39 is 0 Å². The summed E-state index contributed by atoms with van der Waals surface area (Å²) in [5.41, 5.74) is 0. The van der Waals surface area contributed by atoms with Crippen LogP contribution < -0.4 is 0 Å². The Labute approximate surface area is 83.6 Å². The van der Waals surface area contributed by atoms with Gasteiger partial charge >= 0.3 is 11.9 Å². The van der Waals surface area contributed by atoms with Crippen molar-refractivity contribution in [2.24, 2.45) is 5.92 Å². The highest BCUT2D eigenvalue weighted by atomic mass is 16.6. The van der Waals surface area contributed by atoms with Gasteiger partial charge in [0.15, 0.2) is 0 Å². The summed E-state index contributed by atoms with van der Waals surface area (Å²) >= 11 is 0. The Morgan fingerprint density at radius 3 is 1.64 bits per heavy atom. The molecule has 1 saturated carbocycles. The standard InChI is InChI=1S/C10H16O4/c1-6-9(13-7(2)11)4-5-10(6)14-8(3)12/h6,9-10H,4-5H2,1-3H3/t6?,9-,10+. The summed E-state index contributed by atoms with van der Waals surface area (Å²) in [6.07, 6.45) is 1.35. The number of ether oxygens (including phenoxy) is 2. The Morgan fingerprint density at radius 2 is 1.36 bits per heavy atom. The lowest BCUT2D eigenvalue weighted by molar-refractivity contribution is -0.152. The van der Waals surface area contributed by atoms with Crippen LogP contribution in [-0.2, 0) is 19.1 Å². The number of rotatable bonds is 2. The van der Waals surface area contributed by atoms with Crippen molar-refractivity contribution in [3.63, 3.8) is 0 Å². The fraction of sp³-hybridized carbons (Fsp3) is 0.800. The van der Waals surface area contributed by atoms with Gasteiger partial charge in [0, 0.05) is 19.8 Å². The van der Waals surface area contributed by atoms with E-state index >= 15 is 0 Å². The third kappa shape index (κ3) is 2.72. The van der Waals surface area contributed by atoms with Gasteiger partial charge in [-0.1, -0.05) is 6.92 Å². The molecule has 14 heavy (non-hydrogen) atoms. The Kier molecular flexibility index (Phi) is 3.49. The van der Waals surface area contributed by atoms with Crippen LogP contribution in [0.1, 0.15) is 33.6 Å². The zero-order valence-electron chi connectivity index (χ0n) is 8.78. The topological polar surface area (TPSA) is 52.6 Å². The summed E-state index contributed by atoms with van der Waals surface area (Å²) in [5.74, 6) is -0.446. The molecule has 0 aromatic carbocycles. The van der Waals surface area contributed by atoms with Crippen molar-refractivity contribution in [1.29, 1.82) is 0 Å². The molecule has 80 valence electrons. The SMILES string of the molecule is CC(=O)O[C@H]1CC[C@@H](OC(C)=O)C1C. The zero-order valence-corrected chi connectivity index (χ0v) is 8.78. The van der Waals surface area contributed by atoms with E-state index in [4.69, 9.17) is 9.47 Å². The lowest BCUT2D eigenvalue weighted by Crippen LogP contribution is -2.27. The summed E-state index contributed by atoms with van der Waals surface area (Å²) in [6.45, 7) is 4.73. The minimum absolute atomic E-state index is 0.0998. The van der Waals surface area contributed by atoms with Crippen LogP contribution in [0.3, 0.4) is 0 Å². The molecule has 0 aromatic rings. The first-order chi connectivity index (χ1) is 6.50. The first-order valence-corrected chi connectivity index (χ1v) is 4.85. The second-order valence-electron chi connectivity index (χ2n) is 3.73. The molecule has 0 saturated heterocycles. The monoisotopic (exact) mass is 200 g/mol. The van der Waals surface area contributed by atoms with Gasteiger partial charge in [-0.2, -0.15) is 0 Å². The minimum atomic E-state index is -0.273. The summed E-state index contributed by atoms with van der Waals surface area (Å²) < 4.78 is 10.2. The number of hydrogen-bond donors (Lipinski definition) is 0. The molecule has 0 heterocycles. The van der Waals surface area contributed by atoms with Gasteiger partial charge in [0.2, 0.25) is 0 Å². The van der Waals surface area contributed by atoms with Gasteiger partial charge in [-0.05, 0) is 12.8 Å². The van der Waals surface area contributed by atoms with Gasteiger partial charge in [-0.25, -0.2) is 0 Å². The van der Waals surface area contributed by atoms with E-state index in [1.54, 1.807) is 0 Å². The molecule has 4 heteroatoms. The fourth-order valence-electron chi connectivity index (χ4n) is 1.85. The molecule has 1 aliphatic carbocycles. The second kappa shape index (κ2) is 4.44. The molecule has 1 fully saturated rings. The summed E-state index contributed by atoms with van der Waals surface area (Å²) in [7, 11) is 0. The zero-order chi connectivity index (χ0) is 10.7. The molecule has 0 bridgehead atoms. The van der Waals surface area contributed by atoms with E-state index in [9.17, 15) is 9.59 Å². The van der Waals surface area contributed by atoms with E-state index in [1.165, 1.54) is 13.8 Å². The third-order valence-corrected chi connectivity index (χ3v) is 2.54. The normalized spacial score (nSPS) is 31.2. The first-order valence-electron chi connectivity index (χ1n) is 4.85. The van der Waals surface area contributed by atoms with Crippen LogP contribution in [0.2, 0.25) is 0 Å². The summed E-state index contributed by atoms with van der Waals surface area (Å²) in [5, 5.41) is 0. The molecule has 1 aliphatic rings. The lowest BCUT2D eigenvalue weighted by atomic mass is 10.1. The number of carbonyl (C=O) groups excluding carboxylic acids is 2. The smallest absolute Gasteiger partial charge is 0.302 e. The van der Waals surface area contributed by atoms with Crippen LogP contribution >= 0.6 is 0 Å². The Hall–Kier alpha value is -1.06. The van der Waals surface area contributed by atoms with Crippen molar-refractivity contribution >= 4 is 11.9 Å². The molecular formula is C10H16O4. The highest BCUT2D eigenvalue weighted by Gasteiger charge is 2.36. The van der Waals surface area contributed by atoms with Crippen LogP contribution in [0.4, 0.5) is 0 Å². The van der Waals surface area contributed by atoms with Crippen molar-refractivity contribution in [3.8, 4) is 0 Å². The fourth-order valence-corrected chi connectivity index (χ4v) is 1.85. The number of esters is 2. The number of carbonyl (C=O) groups is 2. The van der Waals surface area contributed by atoms with E-state index in [-0.39, 0.29) is 30.1 Å². The molecule has 3 atom stereocenters. The quantitative estimate of drug-likeness (QED) is 0.630. The predicted molar refractivity (Wildman–Crippen MR) is 49.5 cm³/mol. The molecule has 0 aromatic heterocycles. The van der Waals surface area contributed by atoms with Gasteiger partial charge in [0.25, 0.3) is 0 Å². The maximum Gasteiger partial charge on any atom is 0.302 e. The maximum atomic E-state index is 10.7. The van der Waals surface area contributed by atoms with Crippen molar-refractivity contribution in [1.82, 2.24) is 0 Å². The average Bonchev–Trinajstić information content (AvgIpc) is 2.34. The van der Waals surface area contributed by atoms with Gasteiger partial charge in [0.05, 0.1) is 0 Å². The first kappa shape index (κ1) is 11.0. The second-order valence-corrected chi connectivity index (χ2v) is 3.73. The van der Waals surface area contributed by atoms with Crippen LogP contribution in [0.5, 0.6) is 0 Å². The molecular weight excluding hydrogens is 184 g/mol. The Balaban J connectivity index is 2.46. The Morgan fingerprint density at radius 1 is 1.00 bits per heavy atom. The highest BCUT2D eigenvalue weighted by Crippen LogP contribution is 2.30. The largest absolute Gasteiger partial charge is 0.462 e. The Bertz CT molecular complexity index is 212. The van der Waals surface area contributed by atoms with Gasteiger partial charge < -0.3 is 9.47 Å². The molecule has 0 amide bonds. The van der Waals surface area contributed by atoms with E-state index in [0.29, 0.717) is 0 Å². The average molecular weight is 200 g/mol. The van der Waals surface area contributed by atoms with Crippen LogP contribution in [0.25, 0.3) is 0 Å². The number of hydrogen-bond acceptors (Lipinski definition) is 4. The van der Waals surface area contributed by atoms with E-state index in [1.807, 2.05) is 6.92 Å². The van der Waals surface area contributed by atoms with Crippen LogP contribution in [0, 0.1) is 5.92 Å². The van der Waals surface area contributed by atoms with Crippen LogP contribution in [0.15, 0.2) is 0 Å². The third-order valence-electron chi connectivity index (χ3n) is 2.54. The summed E-state index contributed by atoms with van der Waals surface area (Å²) in [6, 6.07) is 0. The van der Waals surface area contributed by atoms with Crippen molar-refractivity contribution < 1.29 is 19.1 Å². The highest BCUT2D eigenvalue weighted by molar-refractivity contribution is 5.67. The van der Waals surface area contributed by atoms with Crippen molar-refractivity contribution in [2.45, 2.75) is 45.8 Å². The summed E-state index contributed by atoms with van der Waals surface area (Å²) in [4.78, 5) is 21.5. The minimum Gasteiger partial charge on any atom is -0.462 e. The molecule has 0 N–H and O–H groups in total. The lowest BCUT2D eigenvalue weighted by Gasteiger charge is -2.19. The van der Waals surface area contributed by atoms with Gasteiger partial charge in [-0.15, -0.1) is 0 Å². The van der Waals surface area contributed by atoms with E-state index in [0.717, 1.165) is 12.8 Å².